The van der Waals surface area contributed by atoms with Crippen LogP contribution in [-0.2, 0) is 26.0 Å². The second-order valence-corrected chi connectivity index (χ2v) is 8.33. The Morgan fingerprint density at radius 1 is 1.13 bits per heavy atom. The molecule has 31 heavy (non-hydrogen) atoms. The van der Waals surface area contributed by atoms with Crippen molar-refractivity contribution in [2.75, 3.05) is 0 Å². The largest absolute Gasteiger partial charge is 0.489 e. The number of rotatable bonds is 10. The van der Waals surface area contributed by atoms with Gasteiger partial charge in [-0.05, 0) is 60.1 Å². The predicted molar refractivity (Wildman–Crippen MR) is 125 cm³/mol. The first-order valence-corrected chi connectivity index (χ1v) is 11.1. The molecule has 0 saturated heterocycles. The van der Waals surface area contributed by atoms with Crippen LogP contribution in [0.4, 0.5) is 4.79 Å². The van der Waals surface area contributed by atoms with Gasteiger partial charge in [0.15, 0.2) is 0 Å². The second kappa shape index (κ2) is 10.8. The van der Waals surface area contributed by atoms with E-state index in [9.17, 15) is 9.90 Å². The van der Waals surface area contributed by atoms with Gasteiger partial charge in [-0.2, -0.15) is 0 Å². The third-order valence-electron chi connectivity index (χ3n) is 5.31. The van der Waals surface area contributed by atoms with Crippen LogP contribution in [0.15, 0.2) is 48.5 Å². The van der Waals surface area contributed by atoms with Gasteiger partial charge >= 0.3 is 6.09 Å². The summed E-state index contributed by atoms with van der Waals surface area (Å²) in [6.45, 7) is 7.26. The summed E-state index contributed by atoms with van der Waals surface area (Å²) in [5.74, 6) is 1.23. The molecule has 0 atom stereocenters. The summed E-state index contributed by atoms with van der Waals surface area (Å²) in [7, 11) is 0. The lowest BCUT2D eigenvalue weighted by atomic mass is 9.92. The predicted octanol–water partition coefficient (Wildman–Crippen LogP) is 6.12. The Balaban J connectivity index is 2.03. The van der Waals surface area contributed by atoms with E-state index in [0.29, 0.717) is 12.5 Å². The fraction of sp³-hybridized carbons (Fsp3) is 0.385. The average molecular weight is 421 g/mol. The molecule has 1 amide bonds. The molecule has 164 valence electrons. The Bertz CT molecular complexity index is 1020. The molecule has 1 heterocycles. The normalized spacial score (nSPS) is 11.1. The molecule has 0 fully saturated rings. The number of aromatic nitrogens is 1. The van der Waals surface area contributed by atoms with Crippen molar-refractivity contribution in [1.29, 1.82) is 0 Å². The van der Waals surface area contributed by atoms with Gasteiger partial charge in [-0.15, -0.1) is 0 Å². The molecule has 3 aromatic rings. The van der Waals surface area contributed by atoms with Crippen molar-refractivity contribution in [3.8, 4) is 5.75 Å². The molecule has 0 radical (unpaired) electrons. The van der Waals surface area contributed by atoms with E-state index in [4.69, 9.17) is 9.72 Å². The molecule has 3 rings (SSSR count). The van der Waals surface area contributed by atoms with Crippen molar-refractivity contribution in [2.24, 2.45) is 5.92 Å². The summed E-state index contributed by atoms with van der Waals surface area (Å²) in [5, 5.41) is 12.8. The summed E-state index contributed by atoms with van der Waals surface area (Å²) in [6, 6.07) is 16.1. The zero-order chi connectivity index (χ0) is 22.2. The van der Waals surface area contributed by atoms with Crippen LogP contribution in [0.3, 0.4) is 0 Å². The summed E-state index contributed by atoms with van der Waals surface area (Å²) < 4.78 is 6.05. The number of fused-ring (bicyclic) bond motifs is 1. The average Bonchev–Trinajstić information content (AvgIpc) is 2.75. The molecule has 0 aliphatic carbocycles. The number of nitrogens with zero attached hydrogens (tertiary/aromatic N) is 1. The van der Waals surface area contributed by atoms with Gasteiger partial charge in [-0.1, -0.05) is 57.5 Å². The van der Waals surface area contributed by atoms with E-state index >= 15 is 0 Å². The van der Waals surface area contributed by atoms with E-state index < -0.39 is 6.09 Å². The number of ether oxygens (including phenoxy) is 1. The summed E-state index contributed by atoms with van der Waals surface area (Å²) >= 11 is 0. The van der Waals surface area contributed by atoms with Crippen LogP contribution < -0.4 is 10.1 Å². The van der Waals surface area contributed by atoms with Crippen molar-refractivity contribution in [3.63, 3.8) is 0 Å². The van der Waals surface area contributed by atoms with Crippen LogP contribution in [0.2, 0.25) is 0 Å². The van der Waals surface area contributed by atoms with Gasteiger partial charge in [0.25, 0.3) is 0 Å². The van der Waals surface area contributed by atoms with Crippen LogP contribution in [-0.4, -0.2) is 16.2 Å². The summed E-state index contributed by atoms with van der Waals surface area (Å²) in [6.07, 6.45) is 2.79. The first kappa shape index (κ1) is 22.6. The maximum Gasteiger partial charge on any atom is 0.404 e. The minimum absolute atomic E-state index is 0.272. The van der Waals surface area contributed by atoms with Crippen LogP contribution in [0, 0.1) is 5.92 Å². The van der Waals surface area contributed by atoms with Gasteiger partial charge in [0.1, 0.15) is 12.4 Å². The van der Waals surface area contributed by atoms with Crippen LogP contribution >= 0.6 is 0 Å². The Kier molecular flexibility index (Phi) is 7.88. The molecule has 0 unspecified atom stereocenters. The third-order valence-corrected chi connectivity index (χ3v) is 5.31. The molecule has 1 aromatic heterocycles. The maximum atomic E-state index is 11.2. The van der Waals surface area contributed by atoms with Crippen molar-refractivity contribution < 1.29 is 14.6 Å². The van der Waals surface area contributed by atoms with Crippen LogP contribution in [0.25, 0.3) is 10.9 Å². The summed E-state index contributed by atoms with van der Waals surface area (Å²) in [5.41, 5.74) is 5.23. The molecule has 0 aliphatic rings. The zero-order valence-electron chi connectivity index (χ0n) is 18.6. The molecule has 0 spiro atoms. The number of carboxylic acid groups (broad SMARTS) is 1. The van der Waals surface area contributed by atoms with Crippen molar-refractivity contribution in [1.82, 2.24) is 10.3 Å². The van der Waals surface area contributed by atoms with E-state index in [1.807, 2.05) is 42.5 Å². The first-order chi connectivity index (χ1) is 15.0. The van der Waals surface area contributed by atoms with Crippen molar-refractivity contribution in [3.05, 3.63) is 70.9 Å². The smallest absolute Gasteiger partial charge is 0.404 e. The maximum absolute atomic E-state index is 11.2. The quantitative estimate of drug-likeness (QED) is 0.414. The fourth-order valence-corrected chi connectivity index (χ4v) is 3.80. The van der Waals surface area contributed by atoms with Gasteiger partial charge in [-0.25, -0.2) is 4.79 Å². The lowest BCUT2D eigenvalue weighted by molar-refractivity contribution is 0.194. The van der Waals surface area contributed by atoms with Crippen LogP contribution in [0.1, 0.15) is 56.0 Å². The molecule has 5 heteroatoms. The molecule has 0 bridgehead atoms. The minimum atomic E-state index is -1.02. The molecule has 2 N–H and O–H groups in total. The number of pyridine rings is 1. The van der Waals surface area contributed by atoms with E-state index in [-0.39, 0.29) is 6.54 Å². The molecule has 0 aliphatic heterocycles. The highest BCUT2D eigenvalue weighted by Crippen LogP contribution is 2.30. The van der Waals surface area contributed by atoms with Gasteiger partial charge in [-0.3, -0.25) is 4.98 Å². The van der Waals surface area contributed by atoms with E-state index in [0.717, 1.165) is 59.2 Å². The molecular weight excluding hydrogens is 388 g/mol. The topological polar surface area (TPSA) is 71.5 Å². The van der Waals surface area contributed by atoms with E-state index in [2.05, 4.69) is 32.2 Å². The Morgan fingerprint density at radius 3 is 2.58 bits per heavy atom. The Hall–Kier alpha value is -3.08. The van der Waals surface area contributed by atoms with Gasteiger partial charge < -0.3 is 15.2 Å². The molecule has 5 nitrogen and oxygen atoms in total. The summed E-state index contributed by atoms with van der Waals surface area (Å²) in [4.78, 5) is 16.2. The van der Waals surface area contributed by atoms with Crippen molar-refractivity contribution in [2.45, 2.75) is 59.6 Å². The third kappa shape index (κ3) is 6.20. The Labute approximate surface area is 184 Å². The van der Waals surface area contributed by atoms with Gasteiger partial charge in [0.2, 0.25) is 0 Å². The molecular formula is C26H32N2O3. The zero-order valence-corrected chi connectivity index (χ0v) is 18.6. The van der Waals surface area contributed by atoms with E-state index in [1.165, 1.54) is 5.56 Å². The lowest BCUT2D eigenvalue weighted by Crippen LogP contribution is -2.23. The molecule has 2 aromatic carbocycles. The number of nitrogens with one attached hydrogen (secondary N) is 1. The number of benzene rings is 2. The van der Waals surface area contributed by atoms with E-state index in [1.54, 1.807) is 0 Å². The number of amides is 1. The number of hydrogen-bond donors (Lipinski definition) is 2. The Morgan fingerprint density at radius 2 is 1.90 bits per heavy atom. The van der Waals surface area contributed by atoms with Gasteiger partial charge in [0, 0.05) is 17.6 Å². The lowest BCUT2D eigenvalue weighted by Gasteiger charge is -2.19. The number of aryl methyl sites for hydroxylation is 1. The molecule has 0 saturated carbocycles. The minimum Gasteiger partial charge on any atom is -0.489 e. The standard InChI is InChI=1S/C26H32N2O3/c1-4-5-11-21-22-15-20(31-17-19-9-7-6-8-10-19)12-13-24(22)28-25(14-18(2)3)23(21)16-27-26(29)30/h6-10,12-13,15,18,27H,4-5,11,14,16-17H2,1-3H3,(H,29,30). The van der Waals surface area contributed by atoms with Crippen LogP contribution in [0.5, 0.6) is 5.75 Å². The monoisotopic (exact) mass is 420 g/mol. The SMILES string of the molecule is CCCCc1c(CNC(=O)O)c(CC(C)C)nc2ccc(OCc3ccccc3)cc12. The second-order valence-electron chi connectivity index (χ2n) is 8.33. The van der Waals surface area contributed by atoms with Gasteiger partial charge in [0.05, 0.1) is 5.52 Å². The highest BCUT2D eigenvalue weighted by Gasteiger charge is 2.17. The van der Waals surface area contributed by atoms with Crippen molar-refractivity contribution >= 4 is 17.0 Å². The number of unbranched alkanes of at least 4 members (excludes halogenated alkanes) is 1. The number of hydrogen-bond acceptors (Lipinski definition) is 3. The highest BCUT2D eigenvalue weighted by atomic mass is 16.5. The fourth-order valence-electron chi connectivity index (χ4n) is 3.80. The first-order valence-electron chi connectivity index (χ1n) is 11.1. The number of carbonyl (C=O) groups is 1. The highest BCUT2D eigenvalue weighted by molar-refractivity contribution is 5.85.